The summed E-state index contributed by atoms with van der Waals surface area (Å²) >= 11 is 0. The zero-order chi connectivity index (χ0) is 14.4. The number of alkyl halides is 2. The summed E-state index contributed by atoms with van der Waals surface area (Å²) in [5.41, 5.74) is 0.842. The maximum absolute atomic E-state index is 13.4. The summed E-state index contributed by atoms with van der Waals surface area (Å²) in [7, 11) is 0. The molecule has 0 spiro atoms. The Morgan fingerprint density at radius 2 is 1.95 bits per heavy atom. The molecule has 2 fully saturated rings. The van der Waals surface area contributed by atoms with Crippen LogP contribution in [0.3, 0.4) is 0 Å². The van der Waals surface area contributed by atoms with E-state index in [2.05, 4.69) is 15.0 Å². The van der Waals surface area contributed by atoms with Gasteiger partial charge in [-0.1, -0.05) is 12.1 Å². The second-order valence-electron chi connectivity index (χ2n) is 5.91. The minimum Gasteiger partial charge on any atom is -0.395 e. The van der Waals surface area contributed by atoms with Gasteiger partial charge in [0.05, 0.1) is 0 Å². The van der Waals surface area contributed by atoms with Gasteiger partial charge < -0.3 is 14.8 Å². The number of fused-ring (bicyclic) bond motifs is 1. The van der Waals surface area contributed by atoms with E-state index in [0.29, 0.717) is 5.92 Å². The van der Waals surface area contributed by atoms with Crippen molar-refractivity contribution in [1.29, 1.82) is 0 Å². The number of halogens is 2. The number of ether oxygens (including phenoxy) is 2. The van der Waals surface area contributed by atoms with Gasteiger partial charge >= 0.3 is 6.29 Å². The second kappa shape index (κ2) is 4.81. The fourth-order valence-corrected chi connectivity index (χ4v) is 3.34. The van der Waals surface area contributed by atoms with Gasteiger partial charge in [-0.25, -0.2) is 0 Å². The number of para-hydroxylation sites is 1. The van der Waals surface area contributed by atoms with Crippen LogP contribution in [-0.2, 0) is 0 Å². The molecule has 0 amide bonds. The molecule has 1 atom stereocenters. The molecular formula is C15H18F2N2O2. The van der Waals surface area contributed by atoms with Crippen molar-refractivity contribution in [2.24, 2.45) is 5.92 Å². The summed E-state index contributed by atoms with van der Waals surface area (Å²) in [6, 6.07) is 5.37. The summed E-state index contributed by atoms with van der Waals surface area (Å²) in [5, 5.41) is 3.33. The van der Waals surface area contributed by atoms with Crippen molar-refractivity contribution in [3.8, 4) is 11.5 Å². The van der Waals surface area contributed by atoms with Gasteiger partial charge in [0.15, 0.2) is 11.5 Å². The van der Waals surface area contributed by atoms with Gasteiger partial charge in [-0.15, -0.1) is 8.78 Å². The Bertz CT molecular complexity index is 542. The van der Waals surface area contributed by atoms with Gasteiger partial charge in [-0.3, -0.25) is 4.90 Å². The number of nitrogens with one attached hydrogen (secondary N) is 1. The predicted molar refractivity (Wildman–Crippen MR) is 72.6 cm³/mol. The Kier molecular flexibility index (Phi) is 3.04. The van der Waals surface area contributed by atoms with Crippen LogP contribution in [0, 0.1) is 5.92 Å². The SMILES string of the molecule is FC1(F)Oc2cccc([C@H](C3CC3)N3CCNCC3)c2O1. The van der Waals surface area contributed by atoms with Crippen LogP contribution in [0.1, 0.15) is 24.4 Å². The van der Waals surface area contributed by atoms with Crippen LogP contribution in [0.15, 0.2) is 18.2 Å². The minimum absolute atomic E-state index is 0.151. The Hall–Kier alpha value is -1.40. The average Bonchev–Trinajstić information content (AvgIpc) is 3.22. The Labute approximate surface area is 122 Å². The summed E-state index contributed by atoms with van der Waals surface area (Å²) in [4.78, 5) is 2.38. The number of piperazine rings is 1. The lowest BCUT2D eigenvalue weighted by Crippen LogP contribution is -2.45. The lowest BCUT2D eigenvalue weighted by atomic mass is 9.98. The van der Waals surface area contributed by atoms with Crippen LogP contribution in [0.2, 0.25) is 0 Å². The van der Waals surface area contributed by atoms with Crippen LogP contribution in [0.25, 0.3) is 0 Å². The van der Waals surface area contributed by atoms with Crippen molar-refractivity contribution in [3.63, 3.8) is 0 Å². The van der Waals surface area contributed by atoms with Gasteiger partial charge in [0.2, 0.25) is 0 Å². The minimum atomic E-state index is -3.55. The molecule has 1 aromatic carbocycles. The molecule has 21 heavy (non-hydrogen) atoms. The van der Waals surface area contributed by atoms with Gasteiger partial charge in [-0.05, 0) is 24.8 Å². The van der Waals surface area contributed by atoms with E-state index < -0.39 is 6.29 Å². The molecular weight excluding hydrogens is 278 g/mol. The first-order valence-electron chi connectivity index (χ1n) is 7.47. The zero-order valence-corrected chi connectivity index (χ0v) is 11.6. The molecule has 0 aromatic heterocycles. The van der Waals surface area contributed by atoms with Crippen molar-refractivity contribution in [1.82, 2.24) is 10.2 Å². The average molecular weight is 296 g/mol. The van der Waals surface area contributed by atoms with Gasteiger partial charge in [0.25, 0.3) is 0 Å². The lowest BCUT2D eigenvalue weighted by Gasteiger charge is -2.35. The highest BCUT2D eigenvalue weighted by molar-refractivity contribution is 5.50. The number of benzene rings is 1. The molecule has 4 rings (SSSR count). The Balaban J connectivity index is 1.69. The molecule has 114 valence electrons. The number of hydrogen-bond acceptors (Lipinski definition) is 4. The van der Waals surface area contributed by atoms with Crippen molar-refractivity contribution < 1.29 is 18.3 Å². The van der Waals surface area contributed by atoms with Crippen molar-refractivity contribution >= 4 is 0 Å². The van der Waals surface area contributed by atoms with Crippen molar-refractivity contribution in [3.05, 3.63) is 23.8 Å². The summed E-state index contributed by atoms with van der Waals surface area (Å²) < 4.78 is 36.1. The first kappa shape index (κ1) is 13.3. The molecule has 4 nitrogen and oxygen atoms in total. The number of rotatable bonds is 3. The molecule has 1 saturated heterocycles. The molecule has 1 saturated carbocycles. The third-order valence-corrected chi connectivity index (χ3v) is 4.39. The largest absolute Gasteiger partial charge is 0.586 e. The van der Waals surface area contributed by atoms with Crippen LogP contribution in [0.5, 0.6) is 11.5 Å². The molecule has 2 aliphatic heterocycles. The van der Waals surface area contributed by atoms with E-state index in [9.17, 15) is 8.78 Å². The lowest BCUT2D eigenvalue weighted by molar-refractivity contribution is -0.287. The third kappa shape index (κ3) is 2.46. The smallest absolute Gasteiger partial charge is 0.395 e. The van der Waals surface area contributed by atoms with Gasteiger partial charge in [0.1, 0.15) is 0 Å². The van der Waals surface area contributed by atoms with E-state index in [0.717, 1.165) is 44.6 Å². The van der Waals surface area contributed by atoms with Crippen LogP contribution in [0.4, 0.5) is 8.78 Å². The van der Waals surface area contributed by atoms with Crippen LogP contribution < -0.4 is 14.8 Å². The van der Waals surface area contributed by atoms with Crippen LogP contribution in [-0.4, -0.2) is 37.4 Å². The first-order valence-corrected chi connectivity index (χ1v) is 7.47. The summed E-state index contributed by atoms with van der Waals surface area (Å²) in [6.07, 6.45) is -1.25. The summed E-state index contributed by atoms with van der Waals surface area (Å²) in [6.45, 7) is 3.74. The third-order valence-electron chi connectivity index (χ3n) is 4.39. The molecule has 0 unspecified atom stereocenters. The van der Waals surface area contributed by atoms with E-state index in [1.165, 1.54) is 0 Å². The molecule has 1 aliphatic carbocycles. The standard InChI is InChI=1S/C15H18F2N2O2/c16-15(17)20-12-3-1-2-11(14(12)21-15)13(10-4-5-10)19-8-6-18-7-9-19/h1-3,10,13,18H,4-9H2/t13-/m0/s1. The molecule has 6 heteroatoms. The highest BCUT2D eigenvalue weighted by Gasteiger charge is 2.47. The van der Waals surface area contributed by atoms with Crippen molar-refractivity contribution in [2.45, 2.75) is 25.2 Å². The quantitative estimate of drug-likeness (QED) is 0.928. The zero-order valence-electron chi connectivity index (χ0n) is 11.6. The molecule has 1 aromatic rings. The highest BCUT2D eigenvalue weighted by atomic mass is 19.3. The predicted octanol–water partition coefficient (Wildman–Crippen LogP) is 2.36. The number of nitrogens with zero attached hydrogens (tertiary/aromatic N) is 1. The Morgan fingerprint density at radius 3 is 2.67 bits per heavy atom. The molecule has 2 heterocycles. The maximum atomic E-state index is 13.4. The maximum Gasteiger partial charge on any atom is 0.586 e. The molecule has 0 bridgehead atoms. The van der Waals surface area contributed by atoms with Crippen LogP contribution >= 0.6 is 0 Å². The van der Waals surface area contributed by atoms with E-state index >= 15 is 0 Å². The van der Waals surface area contributed by atoms with E-state index in [1.807, 2.05) is 6.07 Å². The topological polar surface area (TPSA) is 33.7 Å². The van der Waals surface area contributed by atoms with Crippen molar-refractivity contribution in [2.75, 3.05) is 26.2 Å². The second-order valence-corrected chi connectivity index (χ2v) is 5.91. The molecule has 0 radical (unpaired) electrons. The Morgan fingerprint density at radius 1 is 1.19 bits per heavy atom. The molecule has 3 aliphatic rings. The fraction of sp³-hybridized carbons (Fsp3) is 0.600. The highest BCUT2D eigenvalue weighted by Crippen LogP contribution is 2.52. The van der Waals surface area contributed by atoms with Gasteiger partial charge in [-0.2, -0.15) is 0 Å². The number of hydrogen-bond donors (Lipinski definition) is 1. The van der Waals surface area contributed by atoms with E-state index in [-0.39, 0.29) is 17.5 Å². The monoisotopic (exact) mass is 296 g/mol. The van der Waals surface area contributed by atoms with E-state index in [4.69, 9.17) is 4.74 Å². The van der Waals surface area contributed by atoms with E-state index in [1.54, 1.807) is 12.1 Å². The van der Waals surface area contributed by atoms with Gasteiger partial charge in [0, 0.05) is 37.8 Å². The fourth-order valence-electron chi connectivity index (χ4n) is 3.34. The normalized spacial score (nSPS) is 25.8. The molecule has 1 N–H and O–H groups in total. The summed E-state index contributed by atoms with van der Waals surface area (Å²) in [5.74, 6) is 0.906. The first-order chi connectivity index (χ1) is 10.1.